The molecule has 0 aromatic carbocycles. The first-order chi connectivity index (χ1) is 8.13. The molecule has 2 rings (SSSR count). The lowest BCUT2D eigenvalue weighted by Gasteiger charge is -1.99. The van der Waals surface area contributed by atoms with Crippen LogP contribution in [0.15, 0.2) is 16.9 Å². The number of carbonyl (C=O) groups excluding carboxylic acids is 1. The molecule has 0 aliphatic rings. The number of halogens is 2. The van der Waals surface area contributed by atoms with Gasteiger partial charge in [0.1, 0.15) is 4.34 Å². The topological polar surface area (TPSA) is 52.3 Å². The Morgan fingerprint density at radius 1 is 1.59 bits per heavy atom. The molecular weight excluding hydrogens is 285 g/mol. The van der Waals surface area contributed by atoms with Crippen LogP contribution in [0.4, 0.5) is 0 Å². The highest BCUT2D eigenvalue weighted by atomic mass is 35.5. The molecule has 0 radical (unpaired) electrons. The predicted molar refractivity (Wildman–Crippen MR) is 65.8 cm³/mol. The van der Waals surface area contributed by atoms with Crippen LogP contribution in [0.1, 0.15) is 17.4 Å². The second-order valence-electron chi connectivity index (χ2n) is 2.99. The lowest BCUT2D eigenvalue weighted by Crippen LogP contribution is -2.06. The fourth-order valence-corrected chi connectivity index (χ4v) is 2.74. The molecule has 0 fully saturated rings. The third-order valence-corrected chi connectivity index (χ3v) is 3.43. The van der Waals surface area contributed by atoms with E-state index >= 15 is 0 Å². The Balaban J connectivity index is 2.43. The smallest absolute Gasteiger partial charge is 0.360 e. The minimum atomic E-state index is -0.547. The zero-order valence-electron chi connectivity index (χ0n) is 8.70. The summed E-state index contributed by atoms with van der Waals surface area (Å²) in [5.41, 5.74) is 0.644. The molecule has 0 bridgehead atoms. The number of rotatable bonds is 3. The summed E-state index contributed by atoms with van der Waals surface area (Å²) in [6, 6.07) is 1.62. The van der Waals surface area contributed by atoms with Gasteiger partial charge in [0, 0.05) is 0 Å². The number of aromatic nitrogens is 1. The molecule has 0 spiro atoms. The molecule has 0 atom stereocenters. The largest absolute Gasteiger partial charge is 0.461 e. The molecule has 2 heterocycles. The number of thiophene rings is 1. The lowest BCUT2D eigenvalue weighted by atomic mass is 10.2. The van der Waals surface area contributed by atoms with E-state index in [2.05, 4.69) is 4.98 Å². The maximum Gasteiger partial charge on any atom is 0.360 e. The summed E-state index contributed by atoms with van der Waals surface area (Å²) >= 11 is 13.0. The third-order valence-electron chi connectivity index (χ3n) is 1.94. The number of nitrogens with zero attached hydrogens (tertiary/aromatic N) is 1. The fourth-order valence-electron chi connectivity index (χ4n) is 1.28. The molecule has 17 heavy (non-hydrogen) atoms. The average molecular weight is 292 g/mol. The Hall–Kier alpha value is -1.04. The number of hydrogen-bond acceptors (Lipinski definition) is 5. The monoisotopic (exact) mass is 291 g/mol. The first-order valence-electron chi connectivity index (χ1n) is 4.69. The van der Waals surface area contributed by atoms with Crippen LogP contribution in [-0.2, 0) is 4.74 Å². The normalized spacial score (nSPS) is 10.5. The van der Waals surface area contributed by atoms with Crippen molar-refractivity contribution >= 4 is 40.5 Å². The van der Waals surface area contributed by atoms with Gasteiger partial charge in [0.25, 0.3) is 0 Å². The molecule has 2 aromatic heterocycles. The Morgan fingerprint density at radius 3 is 2.94 bits per heavy atom. The molecule has 2 aromatic rings. The summed E-state index contributed by atoms with van der Waals surface area (Å²) < 4.78 is 11.0. The van der Waals surface area contributed by atoms with E-state index in [1.165, 1.54) is 17.7 Å². The van der Waals surface area contributed by atoms with Gasteiger partial charge in [-0.2, -0.15) is 0 Å². The standard InChI is InChI=1S/C10H7Cl2NO3S/c1-2-15-10(14)7-8(16-4-13-7)5-3-6(11)17-9(5)12/h3-4H,2H2,1H3. The average Bonchev–Trinajstić information content (AvgIpc) is 2.84. The van der Waals surface area contributed by atoms with Crippen LogP contribution in [0.3, 0.4) is 0 Å². The Morgan fingerprint density at radius 2 is 2.35 bits per heavy atom. The van der Waals surface area contributed by atoms with E-state index in [9.17, 15) is 4.79 Å². The van der Waals surface area contributed by atoms with Gasteiger partial charge in [-0.25, -0.2) is 9.78 Å². The second kappa shape index (κ2) is 5.08. The van der Waals surface area contributed by atoms with E-state index in [4.69, 9.17) is 32.4 Å². The Kier molecular flexibility index (Phi) is 3.71. The van der Waals surface area contributed by atoms with Gasteiger partial charge in [0.2, 0.25) is 0 Å². The van der Waals surface area contributed by atoms with Gasteiger partial charge in [-0.1, -0.05) is 23.2 Å². The molecule has 0 saturated heterocycles. The van der Waals surface area contributed by atoms with Crippen molar-refractivity contribution in [2.24, 2.45) is 0 Å². The van der Waals surface area contributed by atoms with Gasteiger partial charge in [-0.05, 0) is 13.0 Å². The van der Waals surface area contributed by atoms with Crippen molar-refractivity contribution < 1.29 is 13.9 Å². The van der Waals surface area contributed by atoms with Gasteiger partial charge >= 0.3 is 5.97 Å². The second-order valence-corrected chi connectivity index (χ2v) is 5.27. The van der Waals surface area contributed by atoms with Crippen LogP contribution in [0.25, 0.3) is 11.3 Å². The van der Waals surface area contributed by atoms with Gasteiger partial charge in [0.15, 0.2) is 17.8 Å². The summed E-state index contributed by atoms with van der Waals surface area (Å²) in [5.74, 6) is -0.272. The Labute approximate surface area is 111 Å². The fraction of sp³-hybridized carbons (Fsp3) is 0.200. The molecular formula is C10H7Cl2NO3S. The van der Waals surface area contributed by atoms with Gasteiger partial charge in [-0.15, -0.1) is 11.3 Å². The summed E-state index contributed by atoms with van der Waals surface area (Å²) in [7, 11) is 0. The number of oxazole rings is 1. The highest BCUT2D eigenvalue weighted by molar-refractivity contribution is 7.20. The number of hydrogen-bond donors (Lipinski definition) is 0. The highest BCUT2D eigenvalue weighted by Gasteiger charge is 2.22. The van der Waals surface area contributed by atoms with Crippen LogP contribution in [-0.4, -0.2) is 17.6 Å². The molecule has 0 saturated carbocycles. The number of esters is 1. The maximum atomic E-state index is 11.6. The summed E-state index contributed by atoms with van der Waals surface area (Å²) in [6.45, 7) is 1.98. The van der Waals surface area contributed by atoms with Crippen molar-refractivity contribution in [2.45, 2.75) is 6.92 Å². The predicted octanol–water partition coefficient (Wildman–Crippen LogP) is 3.89. The molecule has 7 heteroatoms. The van der Waals surface area contributed by atoms with E-state index in [-0.39, 0.29) is 18.1 Å². The zero-order chi connectivity index (χ0) is 12.4. The molecule has 4 nitrogen and oxygen atoms in total. The quantitative estimate of drug-likeness (QED) is 0.805. The van der Waals surface area contributed by atoms with E-state index < -0.39 is 5.97 Å². The van der Waals surface area contributed by atoms with Crippen molar-refractivity contribution in [2.75, 3.05) is 6.61 Å². The van der Waals surface area contributed by atoms with Gasteiger partial charge < -0.3 is 9.15 Å². The van der Waals surface area contributed by atoms with Crippen LogP contribution in [0.2, 0.25) is 8.67 Å². The highest BCUT2D eigenvalue weighted by Crippen LogP contribution is 2.39. The maximum absolute atomic E-state index is 11.6. The number of ether oxygens (including phenoxy) is 1. The summed E-state index contributed by atoms with van der Waals surface area (Å²) in [4.78, 5) is 15.4. The minimum Gasteiger partial charge on any atom is -0.461 e. The van der Waals surface area contributed by atoms with Gasteiger partial charge in [0.05, 0.1) is 16.5 Å². The van der Waals surface area contributed by atoms with Crippen molar-refractivity contribution in [3.63, 3.8) is 0 Å². The SMILES string of the molecule is CCOC(=O)c1ncoc1-c1cc(Cl)sc1Cl. The molecule has 0 N–H and O–H groups in total. The van der Waals surface area contributed by atoms with Crippen molar-refractivity contribution in [1.82, 2.24) is 4.98 Å². The summed E-state index contributed by atoms with van der Waals surface area (Å²) in [6.07, 6.45) is 1.17. The molecule has 0 unspecified atom stereocenters. The van der Waals surface area contributed by atoms with E-state index in [0.29, 0.717) is 14.2 Å². The van der Waals surface area contributed by atoms with Crippen LogP contribution >= 0.6 is 34.5 Å². The third kappa shape index (κ3) is 2.46. The minimum absolute atomic E-state index is 0.100. The molecule has 90 valence electrons. The first kappa shape index (κ1) is 12.4. The van der Waals surface area contributed by atoms with E-state index in [0.717, 1.165) is 0 Å². The lowest BCUT2D eigenvalue weighted by molar-refractivity contribution is 0.0520. The zero-order valence-corrected chi connectivity index (χ0v) is 11.0. The van der Waals surface area contributed by atoms with Crippen LogP contribution < -0.4 is 0 Å². The van der Waals surface area contributed by atoms with Crippen molar-refractivity contribution in [1.29, 1.82) is 0 Å². The van der Waals surface area contributed by atoms with E-state index in [1.54, 1.807) is 13.0 Å². The first-order valence-corrected chi connectivity index (χ1v) is 6.26. The molecule has 0 amide bonds. The van der Waals surface area contributed by atoms with Crippen molar-refractivity contribution in [3.8, 4) is 11.3 Å². The number of carbonyl (C=O) groups is 1. The molecule has 0 aliphatic heterocycles. The molecule has 0 aliphatic carbocycles. The Bertz CT molecular complexity index is 549. The summed E-state index contributed by atoms with van der Waals surface area (Å²) in [5, 5.41) is 0. The van der Waals surface area contributed by atoms with Crippen LogP contribution in [0, 0.1) is 0 Å². The van der Waals surface area contributed by atoms with Crippen LogP contribution in [0.5, 0.6) is 0 Å². The van der Waals surface area contributed by atoms with Crippen molar-refractivity contribution in [3.05, 3.63) is 26.8 Å². The van der Waals surface area contributed by atoms with Gasteiger partial charge in [-0.3, -0.25) is 0 Å². The van der Waals surface area contributed by atoms with E-state index in [1.807, 2.05) is 0 Å².